The Morgan fingerprint density at radius 1 is 1.58 bits per heavy atom. The molecule has 1 N–H and O–H groups in total. The van der Waals surface area contributed by atoms with Crippen molar-refractivity contribution in [3.05, 3.63) is 12.2 Å². The molecule has 1 unspecified atom stereocenters. The second kappa shape index (κ2) is 4.93. The van der Waals surface area contributed by atoms with Gasteiger partial charge in [0, 0.05) is 0 Å². The molecule has 0 heterocycles. The van der Waals surface area contributed by atoms with Crippen LogP contribution in [-0.4, -0.2) is 23.8 Å². The number of esters is 1. The Morgan fingerprint density at radius 3 is 2.42 bits per heavy atom. The third kappa shape index (κ3) is 4.13. The standard InChI is InChI=1S/C9H16O3/c1-6(2)5-12-9(11)8(10)7(3)4/h6,8,10H,3,5H2,1-2,4H3. The highest BCUT2D eigenvalue weighted by molar-refractivity contribution is 5.77. The molecule has 0 rings (SSSR count). The predicted molar refractivity (Wildman–Crippen MR) is 46.6 cm³/mol. The topological polar surface area (TPSA) is 46.5 Å². The second-order valence-corrected chi connectivity index (χ2v) is 3.27. The SMILES string of the molecule is C=C(C)C(O)C(=O)OCC(C)C. The number of hydrogen-bond donors (Lipinski definition) is 1. The van der Waals surface area contributed by atoms with Gasteiger partial charge in [0.2, 0.25) is 0 Å². The highest BCUT2D eigenvalue weighted by Gasteiger charge is 2.16. The molecule has 70 valence electrons. The molecule has 0 fully saturated rings. The van der Waals surface area contributed by atoms with E-state index in [-0.39, 0.29) is 5.92 Å². The van der Waals surface area contributed by atoms with Crippen LogP contribution in [0.25, 0.3) is 0 Å². The molecule has 0 aromatic rings. The van der Waals surface area contributed by atoms with Crippen molar-refractivity contribution in [1.82, 2.24) is 0 Å². The normalized spacial score (nSPS) is 12.8. The molecule has 3 heteroatoms. The number of rotatable bonds is 4. The Hall–Kier alpha value is -0.830. The van der Waals surface area contributed by atoms with Gasteiger partial charge in [-0.25, -0.2) is 4.79 Å². The Kier molecular flexibility index (Phi) is 4.59. The highest BCUT2D eigenvalue weighted by Crippen LogP contribution is 2.01. The lowest BCUT2D eigenvalue weighted by molar-refractivity contribution is -0.152. The minimum Gasteiger partial charge on any atom is -0.463 e. The fraction of sp³-hybridized carbons (Fsp3) is 0.667. The van der Waals surface area contributed by atoms with Crippen LogP contribution in [0.15, 0.2) is 12.2 Å². The lowest BCUT2D eigenvalue weighted by Gasteiger charge is -2.11. The number of carbonyl (C=O) groups excluding carboxylic acids is 1. The first-order valence-corrected chi connectivity index (χ1v) is 3.95. The van der Waals surface area contributed by atoms with Gasteiger partial charge in [-0.15, -0.1) is 0 Å². The molecule has 12 heavy (non-hydrogen) atoms. The van der Waals surface area contributed by atoms with Gasteiger partial charge >= 0.3 is 5.97 Å². The van der Waals surface area contributed by atoms with E-state index in [0.717, 1.165) is 0 Å². The van der Waals surface area contributed by atoms with Gasteiger partial charge < -0.3 is 9.84 Å². The highest BCUT2D eigenvalue weighted by atomic mass is 16.5. The van der Waals surface area contributed by atoms with Crippen molar-refractivity contribution in [2.75, 3.05) is 6.61 Å². The maximum atomic E-state index is 11.0. The third-order valence-electron chi connectivity index (χ3n) is 1.25. The molecular weight excluding hydrogens is 156 g/mol. The van der Waals surface area contributed by atoms with E-state index in [1.807, 2.05) is 13.8 Å². The Labute approximate surface area is 73.0 Å². The summed E-state index contributed by atoms with van der Waals surface area (Å²) in [5.74, 6) is -0.331. The van der Waals surface area contributed by atoms with E-state index in [1.165, 1.54) is 0 Å². The number of aliphatic hydroxyl groups is 1. The van der Waals surface area contributed by atoms with Crippen LogP contribution in [0.3, 0.4) is 0 Å². The molecule has 1 atom stereocenters. The monoisotopic (exact) mass is 172 g/mol. The van der Waals surface area contributed by atoms with E-state index in [4.69, 9.17) is 9.84 Å². The summed E-state index contributed by atoms with van der Waals surface area (Å²) in [7, 11) is 0. The first-order chi connectivity index (χ1) is 5.45. The molecule has 0 amide bonds. The molecule has 0 aliphatic carbocycles. The van der Waals surface area contributed by atoms with Crippen LogP contribution in [0.4, 0.5) is 0 Å². The van der Waals surface area contributed by atoms with E-state index in [2.05, 4.69) is 6.58 Å². The van der Waals surface area contributed by atoms with Crippen molar-refractivity contribution in [2.45, 2.75) is 26.9 Å². The van der Waals surface area contributed by atoms with Crippen LogP contribution in [-0.2, 0) is 9.53 Å². The summed E-state index contributed by atoms with van der Waals surface area (Å²) in [5, 5.41) is 9.13. The van der Waals surface area contributed by atoms with Crippen LogP contribution in [0.1, 0.15) is 20.8 Å². The van der Waals surface area contributed by atoms with Crippen LogP contribution in [0.5, 0.6) is 0 Å². The average Bonchev–Trinajstić information content (AvgIpc) is 1.98. The zero-order valence-corrected chi connectivity index (χ0v) is 7.83. The van der Waals surface area contributed by atoms with Gasteiger partial charge in [0.1, 0.15) is 0 Å². The van der Waals surface area contributed by atoms with Gasteiger partial charge in [-0.1, -0.05) is 20.4 Å². The molecule has 0 spiro atoms. The average molecular weight is 172 g/mol. The van der Waals surface area contributed by atoms with Crippen molar-refractivity contribution in [1.29, 1.82) is 0 Å². The summed E-state index contributed by atoms with van der Waals surface area (Å²) in [6.07, 6.45) is -1.18. The van der Waals surface area contributed by atoms with Gasteiger partial charge in [0.15, 0.2) is 6.10 Å². The zero-order valence-electron chi connectivity index (χ0n) is 7.83. The molecule has 0 aliphatic rings. The Morgan fingerprint density at radius 2 is 2.08 bits per heavy atom. The zero-order chi connectivity index (χ0) is 9.72. The third-order valence-corrected chi connectivity index (χ3v) is 1.25. The second-order valence-electron chi connectivity index (χ2n) is 3.27. The fourth-order valence-electron chi connectivity index (χ4n) is 0.529. The van der Waals surface area contributed by atoms with E-state index >= 15 is 0 Å². The first kappa shape index (κ1) is 11.2. The molecule has 0 saturated carbocycles. The van der Waals surface area contributed by atoms with E-state index in [0.29, 0.717) is 12.2 Å². The van der Waals surface area contributed by atoms with Gasteiger partial charge in [0.05, 0.1) is 6.61 Å². The van der Waals surface area contributed by atoms with Crippen LogP contribution in [0.2, 0.25) is 0 Å². The number of carbonyl (C=O) groups is 1. The maximum absolute atomic E-state index is 11.0. The lowest BCUT2D eigenvalue weighted by Crippen LogP contribution is -2.25. The summed E-state index contributed by atoms with van der Waals surface area (Å²) in [6.45, 7) is 9.24. The predicted octanol–water partition coefficient (Wildman–Crippen LogP) is 1.12. The molecule has 0 aromatic heterocycles. The lowest BCUT2D eigenvalue weighted by atomic mass is 10.2. The van der Waals surface area contributed by atoms with E-state index < -0.39 is 12.1 Å². The Balaban J connectivity index is 3.80. The maximum Gasteiger partial charge on any atom is 0.339 e. The van der Waals surface area contributed by atoms with Gasteiger partial charge in [-0.3, -0.25) is 0 Å². The molecule has 0 bridgehead atoms. The van der Waals surface area contributed by atoms with Crippen molar-refractivity contribution in [3.8, 4) is 0 Å². The van der Waals surface area contributed by atoms with E-state index in [1.54, 1.807) is 6.92 Å². The summed E-state index contributed by atoms with van der Waals surface area (Å²) >= 11 is 0. The fourth-order valence-corrected chi connectivity index (χ4v) is 0.529. The van der Waals surface area contributed by atoms with E-state index in [9.17, 15) is 4.79 Å². The van der Waals surface area contributed by atoms with Crippen molar-refractivity contribution in [2.24, 2.45) is 5.92 Å². The van der Waals surface area contributed by atoms with Crippen molar-refractivity contribution < 1.29 is 14.6 Å². The number of hydrogen-bond acceptors (Lipinski definition) is 3. The van der Waals surface area contributed by atoms with Crippen LogP contribution < -0.4 is 0 Å². The first-order valence-electron chi connectivity index (χ1n) is 3.95. The molecular formula is C9H16O3. The molecule has 0 aliphatic heterocycles. The molecule has 0 aromatic carbocycles. The minimum absolute atomic E-state index is 0.284. The van der Waals surface area contributed by atoms with Gasteiger partial charge in [-0.05, 0) is 18.4 Å². The summed E-state index contributed by atoms with van der Waals surface area (Å²) in [6, 6.07) is 0. The number of aliphatic hydroxyl groups excluding tert-OH is 1. The Bertz CT molecular complexity index is 173. The van der Waals surface area contributed by atoms with Gasteiger partial charge in [-0.2, -0.15) is 0 Å². The molecule has 3 nitrogen and oxygen atoms in total. The summed E-state index contributed by atoms with van der Waals surface area (Å²) in [5.41, 5.74) is 0.406. The van der Waals surface area contributed by atoms with Gasteiger partial charge in [0.25, 0.3) is 0 Å². The van der Waals surface area contributed by atoms with Crippen LogP contribution in [0, 0.1) is 5.92 Å². The summed E-state index contributed by atoms with van der Waals surface area (Å²) < 4.78 is 4.78. The minimum atomic E-state index is -1.18. The molecule has 0 saturated heterocycles. The smallest absolute Gasteiger partial charge is 0.339 e. The quantitative estimate of drug-likeness (QED) is 0.510. The molecule has 0 radical (unpaired) electrons. The summed E-state index contributed by atoms with van der Waals surface area (Å²) in [4.78, 5) is 11.0. The largest absolute Gasteiger partial charge is 0.463 e. The van der Waals surface area contributed by atoms with Crippen molar-refractivity contribution in [3.63, 3.8) is 0 Å². The van der Waals surface area contributed by atoms with Crippen LogP contribution >= 0.6 is 0 Å². The van der Waals surface area contributed by atoms with Crippen molar-refractivity contribution >= 4 is 5.97 Å². The number of ether oxygens (including phenoxy) is 1.